The minimum Gasteiger partial charge on any atom is -0.379 e. The van der Waals surface area contributed by atoms with E-state index in [4.69, 9.17) is 25.8 Å². The van der Waals surface area contributed by atoms with Gasteiger partial charge in [0.05, 0.1) is 32.0 Å². The second-order valence-corrected chi connectivity index (χ2v) is 7.75. The van der Waals surface area contributed by atoms with Gasteiger partial charge in [-0.2, -0.15) is 0 Å². The molecule has 7 nitrogen and oxygen atoms in total. The summed E-state index contributed by atoms with van der Waals surface area (Å²) in [6.07, 6.45) is 2.20. The summed E-state index contributed by atoms with van der Waals surface area (Å²) >= 11 is 6.24. The first kappa shape index (κ1) is 22.3. The van der Waals surface area contributed by atoms with Crippen molar-refractivity contribution in [3.05, 3.63) is 34.9 Å². The first-order chi connectivity index (χ1) is 14.3. The van der Waals surface area contributed by atoms with E-state index in [-0.39, 0.29) is 12.1 Å². The Hall–Kier alpha value is -1.38. The SMILES string of the molecule is CN=C(NCCCOC1CCOC1)NCC(c1cccc(Cl)c1)N1CCOCC1. The number of hydrogen-bond acceptors (Lipinski definition) is 5. The van der Waals surface area contributed by atoms with Crippen LogP contribution in [0.1, 0.15) is 24.4 Å². The van der Waals surface area contributed by atoms with Crippen LogP contribution in [0.3, 0.4) is 0 Å². The van der Waals surface area contributed by atoms with Crippen LogP contribution in [-0.4, -0.2) is 83.2 Å². The zero-order chi connectivity index (χ0) is 20.3. The van der Waals surface area contributed by atoms with Crippen LogP contribution in [0.5, 0.6) is 0 Å². The lowest BCUT2D eigenvalue weighted by molar-refractivity contribution is 0.0170. The number of guanidine groups is 1. The number of ether oxygens (including phenoxy) is 3. The maximum Gasteiger partial charge on any atom is 0.191 e. The van der Waals surface area contributed by atoms with Gasteiger partial charge in [-0.05, 0) is 30.5 Å². The molecule has 0 aliphatic carbocycles. The van der Waals surface area contributed by atoms with Crippen LogP contribution in [0.4, 0.5) is 0 Å². The highest BCUT2D eigenvalue weighted by Gasteiger charge is 2.23. The van der Waals surface area contributed by atoms with Crippen LogP contribution in [0.2, 0.25) is 5.02 Å². The van der Waals surface area contributed by atoms with Gasteiger partial charge in [-0.3, -0.25) is 9.89 Å². The topological polar surface area (TPSA) is 67.4 Å². The number of rotatable bonds is 9. The molecule has 0 radical (unpaired) electrons. The molecule has 2 atom stereocenters. The standard InChI is InChI=1S/C21H33ClN4O3/c1-23-21(24-7-3-10-29-19-6-11-28-16-19)25-15-20(26-8-12-27-13-9-26)17-4-2-5-18(22)14-17/h2,4-5,14,19-20H,3,6-13,15-16H2,1H3,(H2,23,24,25). The van der Waals surface area contributed by atoms with Crippen molar-refractivity contribution in [2.24, 2.45) is 4.99 Å². The third-order valence-corrected chi connectivity index (χ3v) is 5.50. The van der Waals surface area contributed by atoms with Gasteiger partial charge in [0.15, 0.2) is 5.96 Å². The van der Waals surface area contributed by atoms with Crippen LogP contribution < -0.4 is 10.6 Å². The number of nitrogens with one attached hydrogen (secondary N) is 2. The zero-order valence-electron chi connectivity index (χ0n) is 17.2. The van der Waals surface area contributed by atoms with Crippen molar-refractivity contribution < 1.29 is 14.2 Å². The van der Waals surface area contributed by atoms with E-state index >= 15 is 0 Å². The molecule has 2 heterocycles. The summed E-state index contributed by atoms with van der Waals surface area (Å²) in [5.41, 5.74) is 1.20. The number of benzene rings is 1. The molecule has 162 valence electrons. The average Bonchev–Trinajstić information content (AvgIpc) is 3.26. The summed E-state index contributed by atoms with van der Waals surface area (Å²) in [6, 6.07) is 8.31. The summed E-state index contributed by atoms with van der Waals surface area (Å²) in [5, 5.41) is 7.60. The second kappa shape index (κ2) is 12.3. The van der Waals surface area contributed by atoms with Gasteiger partial charge >= 0.3 is 0 Å². The van der Waals surface area contributed by atoms with Crippen molar-refractivity contribution in [2.45, 2.75) is 25.0 Å². The monoisotopic (exact) mass is 424 g/mol. The van der Waals surface area contributed by atoms with Crippen molar-refractivity contribution in [1.29, 1.82) is 0 Å². The van der Waals surface area contributed by atoms with Crippen molar-refractivity contribution in [1.82, 2.24) is 15.5 Å². The summed E-state index contributed by atoms with van der Waals surface area (Å²) < 4.78 is 16.7. The molecule has 0 bridgehead atoms. The van der Waals surface area contributed by atoms with E-state index in [0.29, 0.717) is 0 Å². The quantitative estimate of drug-likeness (QED) is 0.359. The Kier molecular flexibility index (Phi) is 9.50. The van der Waals surface area contributed by atoms with Crippen LogP contribution >= 0.6 is 11.6 Å². The van der Waals surface area contributed by atoms with Crippen molar-refractivity contribution in [3.8, 4) is 0 Å². The minimum atomic E-state index is 0.210. The number of morpholine rings is 1. The minimum absolute atomic E-state index is 0.210. The molecule has 2 aliphatic rings. The molecule has 3 rings (SSSR count). The van der Waals surface area contributed by atoms with Crippen LogP contribution in [0.25, 0.3) is 0 Å². The van der Waals surface area contributed by atoms with Crippen molar-refractivity contribution >= 4 is 17.6 Å². The average molecular weight is 425 g/mol. The number of halogens is 1. The Morgan fingerprint density at radius 2 is 2.14 bits per heavy atom. The fourth-order valence-corrected chi connectivity index (χ4v) is 3.85. The molecule has 1 aromatic carbocycles. The number of aliphatic imine (C=N–C) groups is 1. The molecule has 2 unspecified atom stereocenters. The Morgan fingerprint density at radius 3 is 2.86 bits per heavy atom. The fourth-order valence-electron chi connectivity index (χ4n) is 3.65. The largest absolute Gasteiger partial charge is 0.379 e. The van der Waals surface area contributed by atoms with E-state index in [1.165, 1.54) is 5.56 Å². The van der Waals surface area contributed by atoms with Gasteiger partial charge in [-0.15, -0.1) is 0 Å². The predicted octanol–water partition coefficient (Wildman–Crippen LogP) is 2.07. The van der Waals surface area contributed by atoms with Gasteiger partial charge < -0.3 is 24.8 Å². The molecule has 2 saturated heterocycles. The normalized spacial score (nSPS) is 21.9. The third kappa shape index (κ3) is 7.42. The third-order valence-electron chi connectivity index (χ3n) is 5.26. The second-order valence-electron chi connectivity index (χ2n) is 7.31. The van der Waals surface area contributed by atoms with Gasteiger partial charge in [0, 0.05) is 51.5 Å². The molecular weight excluding hydrogens is 392 g/mol. The number of nitrogens with zero attached hydrogens (tertiary/aromatic N) is 2. The molecule has 2 fully saturated rings. The van der Waals surface area contributed by atoms with E-state index in [2.05, 4.69) is 26.6 Å². The first-order valence-electron chi connectivity index (χ1n) is 10.5. The summed E-state index contributed by atoms with van der Waals surface area (Å²) in [5.74, 6) is 0.800. The molecule has 0 saturated carbocycles. The fraction of sp³-hybridized carbons (Fsp3) is 0.667. The molecule has 8 heteroatoms. The molecule has 29 heavy (non-hydrogen) atoms. The van der Waals surface area contributed by atoms with E-state index in [1.807, 2.05) is 18.2 Å². The first-order valence-corrected chi connectivity index (χ1v) is 10.8. The zero-order valence-corrected chi connectivity index (χ0v) is 18.0. The summed E-state index contributed by atoms with van der Waals surface area (Å²) in [4.78, 5) is 6.79. The smallest absolute Gasteiger partial charge is 0.191 e. The molecule has 0 amide bonds. The number of hydrogen-bond donors (Lipinski definition) is 2. The van der Waals surface area contributed by atoms with Gasteiger partial charge in [0.25, 0.3) is 0 Å². The lowest BCUT2D eigenvalue weighted by Crippen LogP contribution is -2.46. The van der Waals surface area contributed by atoms with E-state index < -0.39 is 0 Å². The van der Waals surface area contributed by atoms with Crippen molar-refractivity contribution in [2.75, 3.05) is 66.3 Å². The molecule has 0 aromatic heterocycles. The van der Waals surface area contributed by atoms with Crippen LogP contribution in [0, 0.1) is 0 Å². The lowest BCUT2D eigenvalue weighted by Gasteiger charge is -2.35. The van der Waals surface area contributed by atoms with Crippen LogP contribution in [-0.2, 0) is 14.2 Å². The highest BCUT2D eigenvalue weighted by atomic mass is 35.5. The Bertz CT molecular complexity index is 634. The van der Waals surface area contributed by atoms with Gasteiger partial charge in [-0.1, -0.05) is 23.7 Å². The highest BCUT2D eigenvalue weighted by Crippen LogP contribution is 2.23. The lowest BCUT2D eigenvalue weighted by atomic mass is 10.0. The van der Waals surface area contributed by atoms with E-state index in [0.717, 1.165) is 83.0 Å². The highest BCUT2D eigenvalue weighted by molar-refractivity contribution is 6.30. The maximum atomic E-state index is 6.24. The van der Waals surface area contributed by atoms with Gasteiger partial charge in [0.2, 0.25) is 0 Å². The van der Waals surface area contributed by atoms with Gasteiger partial charge in [-0.25, -0.2) is 0 Å². The van der Waals surface area contributed by atoms with E-state index in [9.17, 15) is 0 Å². The molecule has 2 N–H and O–H groups in total. The summed E-state index contributed by atoms with van der Waals surface area (Å²) in [7, 11) is 1.80. The Labute approximate surface area is 178 Å². The Morgan fingerprint density at radius 1 is 1.28 bits per heavy atom. The predicted molar refractivity (Wildman–Crippen MR) is 116 cm³/mol. The Balaban J connectivity index is 1.46. The van der Waals surface area contributed by atoms with Gasteiger partial charge in [0.1, 0.15) is 0 Å². The van der Waals surface area contributed by atoms with E-state index in [1.54, 1.807) is 7.05 Å². The molecule has 2 aliphatic heterocycles. The van der Waals surface area contributed by atoms with Crippen molar-refractivity contribution in [3.63, 3.8) is 0 Å². The molecular formula is C21H33ClN4O3. The maximum absolute atomic E-state index is 6.24. The van der Waals surface area contributed by atoms with Crippen LogP contribution in [0.15, 0.2) is 29.3 Å². The molecule has 0 spiro atoms. The molecule has 1 aromatic rings. The summed E-state index contributed by atoms with van der Waals surface area (Å²) in [6.45, 7) is 7.17.